The van der Waals surface area contributed by atoms with Gasteiger partial charge in [0, 0.05) is 31.3 Å². The van der Waals surface area contributed by atoms with E-state index in [-0.39, 0.29) is 0 Å². The Hall–Kier alpha value is -2.49. The maximum absolute atomic E-state index is 11.9. The molecule has 4 atom stereocenters. The minimum absolute atomic E-state index is 0.301. The Labute approximate surface area is 226 Å². The molecule has 3 heterocycles. The quantitative estimate of drug-likeness (QED) is 0.226. The number of thiazole rings is 1. The number of rotatable bonds is 10. The van der Waals surface area contributed by atoms with Gasteiger partial charge in [0.1, 0.15) is 22.4 Å². The van der Waals surface area contributed by atoms with Gasteiger partial charge >= 0.3 is 0 Å². The van der Waals surface area contributed by atoms with Gasteiger partial charge in [-0.2, -0.15) is 4.98 Å². The first-order chi connectivity index (χ1) is 17.8. The Morgan fingerprint density at radius 1 is 1.16 bits per heavy atom. The van der Waals surface area contributed by atoms with E-state index in [9.17, 15) is 18.6 Å². The van der Waals surface area contributed by atoms with Crippen LogP contribution in [0.15, 0.2) is 12.3 Å². The van der Waals surface area contributed by atoms with E-state index in [0.717, 1.165) is 22.2 Å². The van der Waals surface area contributed by atoms with Crippen molar-refractivity contribution in [3.05, 3.63) is 23.7 Å². The molecule has 0 radical (unpaired) electrons. The first-order valence-corrected chi connectivity index (χ1v) is 15.0. The number of nitrogens with zero attached hydrogens (tertiary/aromatic N) is 4. The van der Waals surface area contributed by atoms with Crippen LogP contribution >= 0.6 is 11.3 Å². The number of nitrogens with one attached hydrogen (secondary N) is 3. The molecular formula is C24H35N7O5S2. The highest BCUT2D eigenvalue weighted by Crippen LogP contribution is 2.40. The second-order valence-corrected chi connectivity index (χ2v) is 13.0. The molecule has 12 nitrogen and oxygen atoms in total. The van der Waals surface area contributed by atoms with Crippen molar-refractivity contribution in [2.75, 3.05) is 37.2 Å². The highest BCUT2D eigenvalue weighted by Gasteiger charge is 2.49. The lowest BCUT2D eigenvalue weighted by atomic mass is 9.85. The van der Waals surface area contributed by atoms with E-state index in [1.807, 2.05) is 19.9 Å². The lowest BCUT2D eigenvalue weighted by molar-refractivity contribution is 0.000720. The summed E-state index contributed by atoms with van der Waals surface area (Å²) in [5.74, 6) is 0.285. The molecule has 3 aromatic heterocycles. The van der Waals surface area contributed by atoms with Gasteiger partial charge in [-0.3, -0.25) is 4.98 Å². The number of hydrogen-bond donors (Lipinski definition) is 5. The Bertz CT molecular complexity index is 1410. The molecule has 1 aliphatic rings. The molecule has 5 N–H and O–H groups in total. The summed E-state index contributed by atoms with van der Waals surface area (Å²) in [6.45, 7) is 8.13. The molecule has 38 heavy (non-hydrogen) atoms. The zero-order valence-electron chi connectivity index (χ0n) is 22.3. The summed E-state index contributed by atoms with van der Waals surface area (Å²) >= 11 is 1.49. The zero-order valence-corrected chi connectivity index (χ0v) is 23.9. The predicted octanol–water partition coefficient (Wildman–Crippen LogP) is 1.67. The molecule has 1 fully saturated rings. The van der Waals surface area contributed by atoms with Gasteiger partial charge < -0.3 is 25.6 Å². The Morgan fingerprint density at radius 2 is 1.89 bits per heavy atom. The fourth-order valence-electron chi connectivity index (χ4n) is 4.99. The average Bonchev–Trinajstić information content (AvgIpc) is 3.35. The number of hydrogen-bond acceptors (Lipinski definition) is 12. The molecule has 1 unspecified atom stereocenters. The minimum Gasteiger partial charge on any atom is -0.390 e. The van der Waals surface area contributed by atoms with Crippen molar-refractivity contribution in [1.82, 2.24) is 24.7 Å². The highest BCUT2D eigenvalue weighted by molar-refractivity contribution is 7.88. The van der Waals surface area contributed by atoms with Crippen LogP contribution in [0.25, 0.3) is 20.8 Å². The number of ether oxygens (including phenoxy) is 1. The summed E-state index contributed by atoms with van der Waals surface area (Å²) in [6, 6.07) is 1.31. The lowest BCUT2D eigenvalue weighted by Gasteiger charge is -2.34. The van der Waals surface area contributed by atoms with Crippen molar-refractivity contribution in [2.24, 2.45) is 5.92 Å². The maximum atomic E-state index is 11.9. The third kappa shape index (κ3) is 6.05. The zero-order chi connectivity index (χ0) is 27.8. The molecule has 0 aliphatic heterocycles. The van der Waals surface area contributed by atoms with Crippen molar-refractivity contribution in [2.45, 2.75) is 57.9 Å². The highest BCUT2D eigenvalue weighted by atomic mass is 32.2. The van der Waals surface area contributed by atoms with E-state index in [1.165, 1.54) is 11.3 Å². The monoisotopic (exact) mass is 565 g/mol. The molecule has 0 spiro atoms. The first kappa shape index (κ1) is 28.5. The first-order valence-electron chi connectivity index (χ1n) is 12.3. The number of methoxy groups -OCH3 is 1. The largest absolute Gasteiger partial charge is 0.390 e. The molecule has 0 saturated heterocycles. The Balaban J connectivity index is 1.72. The van der Waals surface area contributed by atoms with E-state index >= 15 is 0 Å². The molecule has 1 aliphatic carbocycles. The number of sulfonamides is 1. The fourth-order valence-corrected chi connectivity index (χ4v) is 7.21. The summed E-state index contributed by atoms with van der Waals surface area (Å²) < 4.78 is 32.5. The minimum atomic E-state index is -3.53. The lowest BCUT2D eigenvalue weighted by Crippen LogP contribution is -2.52. The van der Waals surface area contributed by atoms with Crippen molar-refractivity contribution in [3.63, 3.8) is 0 Å². The average molecular weight is 566 g/mol. The molecule has 0 bridgehead atoms. The maximum Gasteiger partial charge on any atom is 0.224 e. The third-order valence-corrected chi connectivity index (χ3v) is 8.70. The van der Waals surface area contributed by atoms with E-state index in [0.29, 0.717) is 47.6 Å². The molecular weight excluding hydrogens is 530 g/mol. The van der Waals surface area contributed by atoms with Crippen LogP contribution in [0.4, 0.5) is 11.8 Å². The predicted molar refractivity (Wildman–Crippen MR) is 148 cm³/mol. The number of aromatic nitrogens is 4. The van der Waals surface area contributed by atoms with Crippen LogP contribution in [0.1, 0.15) is 31.7 Å². The summed E-state index contributed by atoms with van der Waals surface area (Å²) in [4.78, 5) is 18.5. The van der Waals surface area contributed by atoms with Crippen LogP contribution in [-0.4, -0.2) is 88.9 Å². The number of aliphatic hydroxyl groups is 2. The van der Waals surface area contributed by atoms with Crippen LogP contribution < -0.4 is 15.4 Å². The standard InChI is InChI=1S/C24H35N7O5S2/c1-12-17(22-29-18-13(2)25-8-7-16(18)37-22)21(30-23(27-12)26-9-10-36-5)28-15-11-14(19(32)20(15)33)24(3,4)31-38(6,34)35/h7-8,14-15,19-20,31-33H,9-11H2,1-6H3,(H2,26,27,28,30)/t14-,15?,19+,20-/m0/s1. The van der Waals surface area contributed by atoms with Crippen molar-refractivity contribution < 1.29 is 23.4 Å². The SMILES string of the molecule is COCCNc1nc(C)c(-c2nc3c(C)nccc3s2)c(NC2C[C@H](C(C)(C)NS(C)(=O)=O)[C@@H](O)[C@H]2O)n1. The van der Waals surface area contributed by atoms with Gasteiger partial charge in [-0.1, -0.05) is 0 Å². The van der Waals surface area contributed by atoms with E-state index in [1.54, 1.807) is 27.2 Å². The van der Waals surface area contributed by atoms with Crippen LogP contribution in [0, 0.1) is 19.8 Å². The van der Waals surface area contributed by atoms with Crippen LogP contribution in [0.5, 0.6) is 0 Å². The number of anilines is 2. The third-order valence-electron chi connectivity index (χ3n) is 6.76. The molecule has 14 heteroatoms. The Morgan fingerprint density at radius 3 is 2.55 bits per heavy atom. The van der Waals surface area contributed by atoms with E-state index in [4.69, 9.17) is 14.7 Å². The smallest absolute Gasteiger partial charge is 0.224 e. The normalized spacial score (nSPS) is 22.2. The summed E-state index contributed by atoms with van der Waals surface area (Å²) in [7, 11) is -1.92. The number of aryl methyl sites for hydroxylation is 2. The molecule has 3 aromatic rings. The Kier molecular flexibility index (Phi) is 8.21. The molecule has 4 rings (SSSR count). The number of fused-ring (bicyclic) bond motifs is 1. The molecule has 208 valence electrons. The fraction of sp³-hybridized carbons (Fsp3) is 0.583. The van der Waals surface area contributed by atoms with Crippen molar-refractivity contribution in [1.29, 1.82) is 0 Å². The van der Waals surface area contributed by atoms with E-state index < -0.39 is 39.7 Å². The van der Waals surface area contributed by atoms with Gasteiger partial charge in [-0.15, -0.1) is 11.3 Å². The van der Waals surface area contributed by atoms with Crippen molar-refractivity contribution in [3.8, 4) is 10.6 Å². The van der Waals surface area contributed by atoms with Gasteiger partial charge in [0.15, 0.2) is 0 Å². The van der Waals surface area contributed by atoms with Gasteiger partial charge in [0.2, 0.25) is 16.0 Å². The second kappa shape index (κ2) is 10.9. The van der Waals surface area contributed by atoms with Crippen LogP contribution in [-0.2, 0) is 14.8 Å². The number of aliphatic hydroxyl groups excluding tert-OH is 2. The van der Waals surface area contributed by atoms with Gasteiger partial charge in [0.05, 0.1) is 46.7 Å². The summed E-state index contributed by atoms with van der Waals surface area (Å²) in [6.07, 6.45) is 0.809. The number of pyridine rings is 1. The van der Waals surface area contributed by atoms with Crippen LogP contribution in [0.2, 0.25) is 0 Å². The van der Waals surface area contributed by atoms with Crippen molar-refractivity contribution >= 4 is 43.3 Å². The summed E-state index contributed by atoms with van der Waals surface area (Å²) in [5.41, 5.74) is 1.98. The van der Waals surface area contributed by atoms with Crippen LogP contribution in [0.3, 0.4) is 0 Å². The van der Waals surface area contributed by atoms with E-state index in [2.05, 4.69) is 25.3 Å². The summed E-state index contributed by atoms with van der Waals surface area (Å²) in [5, 5.41) is 29.1. The van der Waals surface area contributed by atoms with Gasteiger partial charge in [0.25, 0.3) is 0 Å². The molecule has 1 saturated carbocycles. The molecule has 0 aromatic carbocycles. The second-order valence-electron chi connectivity index (χ2n) is 10.2. The topological polar surface area (TPSA) is 171 Å². The van der Waals surface area contributed by atoms with Gasteiger partial charge in [-0.25, -0.2) is 23.1 Å². The molecule has 0 amide bonds. The van der Waals surface area contributed by atoms with Gasteiger partial charge in [-0.05, 0) is 40.2 Å².